The van der Waals surface area contributed by atoms with Crippen LogP contribution in [-0.4, -0.2) is 20.0 Å². The number of aromatic amines is 1. The molecule has 0 fully saturated rings. The van der Waals surface area contributed by atoms with Crippen LogP contribution in [-0.2, 0) is 12.6 Å². The first-order valence-electron chi connectivity index (χ1n) is 9.41. The molecule has 8 heteroatoms. The van der Waals surface area contributed by atoms with Crippen molar-refractivity contribution in [3.05, 3.63) is 34.4 Å². The van der Waals surface area contributed by atoms with E-state index in [1.807, 2.05) is 37.5 Å². The first-order chi connectivity index (χ1) is 12.6. The highest BCUT2D eigenvalue weighted by Crippen LogP contribution is 2.32. The van der Waals surface area contributed by atoms with E-state index in [0.717, 1.165) is 17.1 Å². The molecule has 0 aliphatic rings. The van der Waals surface area contributed by atoms with Crippen LogP contribution in [0.4, 0.5) is 13.2 Å². The Hall–Kier alpha value is -1.50. The zero-order valence-electron chi connectivity index (χ0n) is 17.9. The van der Waals surface area contributed by atoms with Crippen LogP contribution in [0.15, 0.2) is 12.4 Å². The molecule has 2 rings (SSSR count). The number of hydrogen-bond donors (Lipinski definition) is 1. The van der Waals surface area contributed by atoms with Crippen LogP contribution in [0.3, 0.4) is 0 Å². The van der Waals surface area contributed by atoms with Gasteiger partial charge in [0.15, 0.2) is 0 Å². The zero-order chi connectivity index (χ0) is 21.8. The van der Waals surface area contributed by atoms with Gasteiger partial charge in [0.25, 0.3) is 0 Å². The van der Waals surface area contributed by atoms with Crippen LogP contribution in [0.2, 0.25) is 5.02 Å². The molecule has 0 amide bonds. The second kappa shape index (κ2) is 13.6. The highest BCUT2D eigenvalue weighted by Gasteiger charge is 2.35. The number of halogens is 4. The molecule has 0 spiro atoms. The van der Waals surface area contributed by atoms with Gasteiger partial charge in [0, 0.05) is 11.6 Å². The van der Waals surface area contributed by atoms with E-state index in [2.05, 4.69) is 31.0 Å². The molecule has 0 saturated heterocycles. The predicted octanol–water partition coefficient (Wildman–Crippen LogP) is 7.28. The van der Waals surface area contributed by atoms with Crippen LogP contribution in [0.25, 0.3) is 0 Å². The smallest absolute Gasteiger partial charge is 0.273 e. The first kappa shape index (κ1) is 27.7. The Morgan fingerprint density at radius 2 is 1.59 bits per heavy atom. The Morgan fingerprint density at radius 3 is 1.89 bits per heavy atom. The Kier molecular flexibility index (Phi) is 14.0. The van der Waals surface area contributed by atoms with Gasteiger partial charge in [-0.15, -0.1) is 0 Å². The van der Waals surface area contributed by atoms with Gasteiger partial charge in [-0.3, -0.25) is 9.78 Å². The Labute approximate surface area is 166 Å². The van der Waals surface area contributed by atoms with Gasteiger partial charge in [0.2, 0.25) is 0 Å². The number of alkyl halides is 3. The molecule has 0 radical (unpaired) electrons. The number of H-pyrrole nitrogens is 1. The van der Waals surface area contributed by atoms with E-state index in [4.69, 9.17) is 11.6 Å². The van der Waals surface area contributed by atoms with E-state index < -0.39 is 11.9 Å². The van der Waals surface area contributed by atoms with E-state index >= 15 is 0 Å². The number of nitrogens with one attached hydrogen (secondary N) is 1. The zero-order valence-corrected chi connectivity index (χ0v) is 18.6. The third-order valence-electron chi connectivity index (χ3n) is 3.25. The monoisotopic (exact) mass is 410 g/mol. The molecule has 0 saturated carbocycles. The van der Waals surface area contributed by atoms with Crippen molar-refractivity contribution in [3.8, 4) is 0 Å². The van der Waals surface area contributed by atoms with Gasteiger partial charge >= 0.3 is 6.18 Å². The summed E-state index contributed by atoms with van der Waals surface area (Å²) in [6, 6.07) is 0.400. The molecule has 2 heterocycles. The van der Waals surface area contributed by atoms with E-state index in [1.54, 1.807) is 20.0 Å². The fourth-order valence-corrected chi connectivity index (χ4v) is 2.37. The third kappa shape index (κ3) is 8.82. The maximum absolute atomic E-state index is 12.2. The molecule has 2 aromatic heterocycles. The fraction of sp³-hybridized carbons (Fsp3) is 0.684. The Balaban J connectivity index is 0. The summed E-state index contributed by atoms with van der Waals surface area (Å²) in [6.45, 7) is 17.7. The number of rotatable bonds is 3. The standard InChI is InChI=1S/C8H13ClN2.C7H9F3N2.2C2H6/c1-4-8-7(9)5-10-11(8)6(2)3;1-4(2)5-3-11-12-6(5)7(8,9)10;2*1-2/h5-6H,4H2,1-3H3;3-4H,1-2H3,(H,11,12);2*1-2H3. The van der Waals surface area contributed by atoms with Crippen LogP contribution in [0.1, 0.15) is 91.2 Å². The molecule has 0 aliphatic carbocycles. The Bertz CT molecular complexity index is 617. The second-order valence-corrected chi connectivity index (χ2v) is 6.09. The summed E-state index contributed by atoms with van der Waals surface area (Å²) in [5, 5.41) is 10.3. The summed E-state index contributed by atoms with van der Waals surface area (Å²) in [4.78, 5) is 0. The van der Waals surface area contributed by atoms with Gasteiger partial charge in [-0.2, -0.15) is 23.4 Å². The van der Waals surface area contributed by atoms with Crippen molar-refractivity contribution in [2.24, 2.45) is 0 Å². The van der Waals surface area contributed by atoms with Crippen LogP contribution in [0, 0.1) is 0 Å². The van der Waals surface area contributed by atoms with Crippen molar-refractivity contribution in [1.29, 1.82) is 0 Å². The molecule has 0 aliphatic heterocycles. The van der Waals surface area contributed by atoms with Crippen molar-refractivity contribution in [2.45, 2.75) is 86.9 Å². The second-order valence-electron chi connectivity index (χ2n) is 5.68. The highest BCUT2D eigenvalue weighted by molar-refractivity contribution is 6.31. The van der Waals surface area contributed by atoms with Crippen molar-refractivity contribution in [3.63, 3.8) is 0 Å². The summed E-state index contributed by atoms with van der Waals surface area (Å²) < 4.78 is 38.5. The van der Waals surface area contributed by atoms with E-state index in [-0.39, 0.29) is 11.5 Å². The lowest BCUT2D eigenvalue weighted by Crippen LogP contribution is -2.09. The molecule has 0 unspecified atom stereocenters. The minimum absolute atomic E-state index is 0.166. The summed E-state index contributed by atoms with van der Waals surface area (Å²) in [7, 11) is 0. The molecule has 2 aromatic rings. The predicted molar refractivity (Wildman–Crippen MR) is 107 cm³/mol. The minimum Gasteiger partial charge on any atom is -0.273 e. The van der Waals surface area contributed by atoms with Crippen LogP contribution >= 0.6 is 11.6 Å². The maximum atomic E-state index is 12.2. The lowest BCUT2D eigenvalue weighted by atomic mass is 10.0. The van der Waals surface area contributed by atoms with E-state index in [1.165, 1.54) is 6.20 Å². The molecule has 27 heavy (non-hydrogen) atoms. The molecule has 1 N–H and O–H groups in total. The molecule has 158 valence electrons. The van der Waals surface area contributed by atoms with Gasteiger partial charge in [0.1, 0.15) is 5.69 Å². The fourth-order valence-electron chi connectivity index (χ4n) is 2.10. The van der Waals surface area contributed by atoms with Crippen molar-refractivity contribution in [1.82, 2.24) is 20.0 Å². The molecule has 0 aromatic carbocycles. The number of hydrogen-bond acceptors (Lipinski definition) is 2. The topological polar surface area (TPSA) is 46.5 Å². The lowest BCUT2D eigenvalue weighted by molar-refractivity contribution is -0.141. The van der Waals surface area contributed by atoms with Crippen molar-refractivity contribution >= 4 is 11.6 Å². The normalized spacial score (nSPS) is 10.5. The molecular formula is C19H34ClF3N4. The van der Waals surface area contributed by atoms with Gasteiger partial charge in [0.05, 0.1) is 23.1 Å². The van der Waals surface area contributed by atoms with Gasteiger partial charge in [-0.05, 0) is 26.2 Å². The van der Waals surface area contributed by atoms with Gasteiger partial charge in [-0.1, -0.05) is 60.1 Å². The van der Waals surface area contributed by atoms with Gasteiger partial charge < -0.3 is 0 Å². The van der Waals surface area contributed by atoms with Gasteiger partial charge in [-0.25, -0.2) is 0 Å². The minimum atomic E-state index is -4.32. The van der Waals surface area contributed by atoms with Crippen LogP contribution in [0.5, 0.6) is 0 Å². The number of nitrogens with zero attached hydrogens (tertiary/aromatic N) is 3. The third-order valence-corrected chi connectivity index (χ3v) is 3.56. The molecule has 0 atom stereocenters. The number of aromatic nitrogens is 4. The van der Waals surface area contributed by atoms with E-state index in [0.29, 0.717) is 6.04 Å². The highest BCUT2D eigenvalue weighted by atomic mass is 35.5. The maximum Gasteiger partial charge on any atom is 0.433 e. The largest absolute Gasteiger partial charge is 0.433 e. The lowest BCUT2D eigenvalue weighted by Gasteiger charge is -2.08. The Morgan fingerprint density at radius 1 is 1.07 bits per heavy atom. The SMILES string of the molecule is CC.CC.CC(C)c1cn[nH]c1C(F)(F)F.CCc1c(Cl)cnn1C(C)C. The molecule has 4 nitrogen and oxygen atoms in total. The summed E-state index contributed by atoms with van der Waals surface area (Å²) in [5.74, 6) is -0.166. The average Bonchev–Trinajstić information content (AvgIpc) is 3.25. The molecule has 0 bridgehead atoms. The first-order valence-corrected chi connectivity index (χ1v) is 9.79. The van der Waals surface area contributed by atoms with Crippen molar-refractivity contribution < 1.29 is 13.2 Å². The van der Waals surface area contributed by atoms with Crippen LogP contribution < -0.4 is 0 Å². The van der Waals surface area contributed by atoms with Crippen molar-refractivity contribution in [2.75, 3.05) is 0 Å². The summed E-state index contributed by atoms with van der Waals surface area (Å²) >= 11 is 5.91. The summed E-state index contributed by atoms with van der Waals surface area (Å²) in [6.07, 6.45) is -0.457. The summed E-state index contributed by atoms with van der Waals surface area (Å²) in [5.41, 5.74) is 0.599. The van der Waals surface area contributed by atoms with E-state index in [9.17, 15) is 13.2 Å². The average molecular weight is 411 g/mol. The quantitative estimate of drug-likeness (QED) is 0.577. The molecular weight excluding hydrogens is 377 g/mol.